The molecule has 0 aliphatic carbocycles. The number of hydrogen-bond acceptors (Lipinski definition) is 6. The standard InChI is InChI=1S/C24H23NO7/c26-13-18-17-7-6-16(14-2-4-15(5-3-14)24(29)30)12-19(17)25-23(28)22(18)20(27)8-9-21-31-10-1-11-32-21/h2-7,12,21,26H,1,8-11,13H2,(H,25,28)(H,29,30). The summed E-state index contributed by atoms with van der Waals surface area (Å²) < 4.78 is 10.9. The Morgan fingerprint density at radius 3 is 2.38 bits per heavy atom. The van der Waals surface area contributed by atoms with Gasteiger partial charge in [-0.05, 0) is 35.7 Å². The Bertz CT molecular complexity index is 1210. The molecular weight excluding hydrogens is 414 g/mol. The van der Waals surface area contributed by atoms with E-state index in [1.807, 2.05) is 0 Å². The molecule has 0 radical (unpaired) electrons. The molecule has 0 bridgehead atoms. The summed E-state index contributed by atoms with van der Waals surface area (Å²) in [5.41, 5.74) is 1.87. The lowest BCUT2D eigenvalue weighted by atomic mass is 9.96. The van der Waals surface area contributed by atoms with E-state index in [0.717, 1.165) is 17.5 Å². The van der Waals surface area contributed by atoms with Crippen molar-refractivity contribution in [3.8, 4) is 11.1 Å². The molecule has 0 spiro atoms. The lowest BCUT2D eigenvalue weighted by Gasteiger charge is -2.22. The molecule has 0 atom stereocenters. The van der Waals surface area contributed by atoms with Crippen LogP contribution in [0.1, 0.15) is 45.5 Å². The molecule has 32 heavy (non-hydrogen) atoms. The topological polar surface area (TPSA) is 126 Å². The fraction of sp³-hybridized carbons (Fsp3) is 0.292. The monoisotopic (exact) mass is 437 g/mol. The molecule has 0 unspecified atom stereocenters. The highest BCUT2D eigenvalue weighted by atomic mass is 16.7. The van der Waals surface area contributed by atoms with Gasteiger partial charge in [0.1, 0.15) is 0 Å². The van der Waals surface area contributed by atoms with Crippen LogP contribution in [0.5, 0.6) is 0 Å². The predicted octanol–water partition coefficient (Wildman–Crippen LogP) is 3.11. The third-order valence-corrected chi connectivity index (χ3v) is 5.53. The Labute approximate surface area is 183 Å². The van der Waals surface area contributed by atoms with Gasteiger partial charge in [-0.3, -0.25) is 9.59 Å². The van der Waals surface area contributed by atoms with Crippen LogP contribution < -0.4 is 5.56 Å². The zero-order chi connectivity index (χ0) is 22.7. The average Bonchev–Trinajstić information content (AvgIpc) is 2.82. The van der Waals surface area contributed by atoms with Gasteiger partial charge in [-0.25, -0.2) is 4.79 Å². The van der Waals surface area contributed by atoms with E-state index in [1.165, 1.54) is 12.1 Å². The number of H-pyrrole nitrogens is 1. The van der Waals surface area contributed by atoms with Gasteiger partial charge in [0.05, 0.1) is 30.9 Å². The van der Waals surface area contributed by atoms with E-state index in [-0.39, 0.29) is 28.9 Å². The van der Waals surface area contributed by atoms with Gasteiger partial charge in [0.2, 0.25) is 0 Å². The van der Waals surface area contributed by atoms with Gasteiger partial charge in [-0.2, -0.15) is 0 Å². The van der Waals surface area contributed by atoms with Crippen molar-refractivity contribution in [2.75, 3.05) is 13.2 Å². The second-order valence-corrected chi connectivity index (χ2v) is 7.60. The van der Waals surface area contributed by atoms with E-state index in [1.54, 1.807) is 30.3 Å². The molecule has 1 aliphatic heterocycles. The number of aliphatic hydroxyl groups is 1. The van der Waals surface area contributed by atoms with Crippen LogP contribution >= 0.6 is 0 Å². The van der Waals surface area contributed by atoms with E-state index < -0.39 is 24.4 Å². The zero-order valence-corrected chi connectivity index (χ0v) is 17.3. The molecule has 1 saturated heterocycles. The summed E-state index contributed by atoms with van der Waals surface area (Å²) in [7, 11) is 0. The first-order chi connectivity index (χ1) is 15.5. The van der Waals surface area contributed by atoms with Crippen LogP contribution in [0.15, 0.2) is 47.3 Å². The fourth-order valence-corrected chi connectivity index (χ4v) is 3.89. The molecule has 166 valence electrons. The molecule has 3 aromatic rings. The van der Waals surface area contributed by atoms with E-state index in [2.05, 4.69) is 4.98 Å². The third-order valence-electron chi connectivity index (χ3n) is 5.53. The maximum Gasteiger partial charge on any atom is 0.335 e. The number of carboxylic acid groups (broad SMARTS) is 1. The van der Waals surface area contributed by atoms with Crippen LogP contribution in [0.25, 0.3) is 22.0 Å². The smallest absolute Gasteiger partial charge is 0.335 e. The molecule has 0 amide bonds. The van der Waals surface area contributed by atoms with Gasteiger partial charge >= 0.3 is 5.97 Å². The zero-order valence-electron chi connectivity index (χ0n) is 17.3. The molecule has 2 aromatic carbocycles. The highest BCUT2D eigenvalue weighted by molar-refractivity contribution is 6.01. The second kappa shape index (κ2) is 9.44. The Kier molecular flexibility index (Phi) is 6.45. The molecule has 1 aliphatic rings. The van der Waals surface area contributed by atoms with E-state index in [9.17, 15) is 19.5 Å². The molecule has 8 heteroatoms. The first-order valence-corrected chi connectivity index (χ1v) is 10.4. The lowest BCUT2D eigenvalue weighted by molar-refractivity contribution is -0.180. The average molecular weight is 437 g/mol. The first-order valence-electron chi connectivity index (χ1n) is 10.4. The van der Waals surface area contributed by atoms with Crippen LogP contribution in [0, 0.1) is 0 Å². The maximum atomic E-state index is 12.8. The number of benzene rings is 2. The number of aromatic carboxylic acids is 1. The molecular formula is C24H23NO7. The Hall–Kier alpha value is -3.33. The van der Waals surface area contributed by atoms with E-state index in [4.69, 9.17) is 14.6 Å². The van der Waals surface area contributed by atoms with Crippen molar-refractivity contribution in [2.24, 2.45) is 0 Å². The maximum absolute atomic E-state index is 12.8. The van der Waals surface area contributed by atoms with Crippen LogP contribution in [0.4, 0.5) is 0 Å². The molecule has 8 nitrogen and oxygen atoms in total. The van der Waals surface area contributed by atoms with Crippen molar-refractivity contribution in [3.05, 3.63) is 69.5 Å². The Morgan fingerprint density at radius 1 is 1.03 bits per heavy atom. The van der Waals surface area contributed by atoms with Gasteiger partial charge in [-0.15, -0.1) is 0 Å². The Balaban J connectivity index is 1.64. The van der Waals surface area contributed by atoms with Gasteiger partial charge in [0, 0.05) is 29.3 Å². The number of carboxylic acids is 1. The van der Waals surface area contributed by atoms with Crippen molar-refractivity contribution >= 4 is 22.7 Å². The molecule has 1 fully saturated rings. The number of aromatic amines is 1. The SMILES string of the molecule is O=C(O)c1ccc(-c2ccc3c(CO)c(C(=O)CCC4OCCCO4)c(=O)[nH]c3c2)cc1. The number of carbonyl (C=O) groups excluding carboxylic acids is 1. The highest BCUT2D eigenvalue weighted by Gasteiger charge is 2.22. The summed E-state index contributed by atoms with van der Waals surface area (Å²) in [5.74, 6) is -1.38. The van der Waals surface area contributed by atoms with Crippen molar-refractivity contribution in [2.45, 2.75) is 32.2 Å². The van der Waals surface area contributed by atoms with Crippen molar-refractivity contribution in [3.63, 3.8) is 0 Å². The minimum Gasteiger partial charge on any atom is -0.478 e. The third kappa shape index (κ3) is 4.47. The number of hydrogen-bond donors (Lipinski definition) is 3. The summed E-state index contributed by atoms with van der Waals surface area (Å²) in [6, 6.07) is 11.7. The number of ketones is 1. The number of pyridine rings is 1. The number of aliphatic hydroxyl groups excluding tert-OH is 1. The van der Waals surface area contributed by atoms with Crippen molar-refractivity contribution < 1.29 is 29.3 Å². The first kappa shape index (κ1) is 21.9. The molecule has 1 aromatic heterocycles. The normalized spacial score (nSPS) is 14.5. The number of carbonyl (C=O) groups is 2. The summed E-state index contributed by atoms with van der Waals surface area (Å²) in [4.78, 5) is 39.4. The fourth-order valence-electron chi connectivity index (χ4n) is 3.89. The summed E-state index contributed by atoms with van der Waals surface area (Å²) in [5, 5.41) is 19.6. The van der Waals surface area contributed by atoms with E-state index >= 15 is 0 Å². The van der Waals surface area contributed by atoms with Crippen molar-refractivity contribution in [1.29, 1.82) is 0 Å². The van der Waals surface area contributed by atoms with Crippen LogP contribution in [-0.4, -0.2) is 46.5 Å². The van der Waals surface area contributed by atoms with Crippen LogP contribution in [0.2, 0.25) is 0 Å². The summed E-state index contributed by atoms with van der Waals surface area (Å²) in [6.07, 6.45) is 0.766. The van der Waals surface area contributed by atoms with Gasteiger partial charge in [0.15, 0.2) is 12.1 Å². The molecule has 4 rings (SSSR count). The quantitative estimate of drug-likeness (QED) is 0.485. The molecule has 0 saturated carbocycles. The minimum atomic E-state index is -1.01. The highest BCUT2D eigenvalue weighted by Crippen LogP contribution is 2.27. The summed E-state index contributed by atoms with van der Waals surface area (Å²) in [6.45, 7) is 0.710. The van der Waals surface area contributed by atoms with Gasteiger partial charge < -0.3 is 24.7 Å². The van der Waals surface area contributed by atoms with Gasteiger partial charge in [-0.1, -0.05) is 24.3 Å². The van der Waals surface area contributed by atoms with E-state index in [0.29, 0.717) is 30.5 Å². The van der Waals surface area contributed by atoms with Gasteiger partial charge in [0.25, 0.3) is 5.56 Å². The predicted molar refractivity (Wildman–Crippen MR) is 117 cm³/mol. The second-order valence-electron chi connectivity index (χ2n) is 7.60. The number of rotatable bonds is 7. The van der Waals surface area contributed by atoms with Crippen molar-refractivity contribution in [1.82, 2.24) is 4.98 Å². The van der Waals surface area contributed by atoms with Crippen LogP contribution in [0.3, 0.4) is 0 Å². The molecule has 2 heterocycles. The number of aromatic nitrogens is 1. The lowest BCUT2D eigenvalue weighted by Crippen LogP contribution is -2.27. The number of Topliss-reactive ketones (excluding diaryl/α,β-unsaturated/α-hetero) is 1. The Morgan fingerprint density at radius 2 is 1.72 bits per heavy atom. The largest absolute Gasteiger partial charge is 0.478 e. The number of fused-ring (bicyclic) bond motifs is 1. The summed E-state index contributed by atoms with van der Waals surface area (Å²) >= 11 is 0. The number of ether oxygens (including phenoxy) is 2. The number of nitrogens with one attached hydrogen (secondary N) is 1. The minimum absolute atomic E-state index is 0.0469. The molecule has 3 N–H and O–H groups in total. The van der Waals surface area contributed by atoms with Crippen LogP contribution in [-0.2, 0) is 16.1 Å².